The average molecular weight is 325 g/mol. The Morgan fingerprint density at radius 1 is 1.29 bits per heavy atom. The summed E-state index contributed by atoms with van der Waals surface area (Å²) in [6.45, 7) is 2.40. The van der Waals surface area contributed by atoms with E-state index >= 15 is 0 Å². The summed E-state index contributed by atoms with van der Waals surface area (Å²) in [5, 5.41) is 9.92. The minimum Gasteiger partial charge on any atom is -0.466 e. The first-order chi connectivity index (χ1) is 11.7. The third-order valence-electron chi connectivity index (χ3n) is 3.53. The zero-order valence-electron chi connectivity index (χ0n) is 13.5. The number of rotatable bonds is 7. The molecule has 7 nitrogen and oxygen atoms in total. The van der Waals surface area contributed by atoms with E-state index in [4.69, 9.17) is 4.42 Å². The Balaban J connectivity index is 1.41. The highest BCUT2D eigenvalue weighted by Crippen LogP contribution is 2.12. The SMILES string of the molecule is Cc1ccc(CCC(=O)NCCc2nc(-c3cccnc3)n[nH]2)o1. The summed E-state index contributed by atoms with van der Waals surface area (Å²) in [6.07, 6.45) is 5.03. The van der Waals surface area contributed by atoms with Gasteiger partial charge in [0.2, 0.25) is 5.91 Å². The molecule has 0 aromatic carbocycles. The van der Waals surface area contributed by atoms with Crippen molar-refractivity contribution in [2.24, 2.45) is 0 Å². The topological polar surface area (TPSA) is 96.7 Å². The number of aromatic nitrogens is 4. The number of aromatic amines is 1. The maximum Gasteiger partial charge on any atom is 0.220 e. The van der Waals surface area contributed by atoms with Gasteiger partial charge in [-0.2, -0.15) is 5.10 Å². The number of pyridine rings is 1. The highest BCUT2D eigenvalue weighted by atomic mass is 16.3. The number of nitrogens with zero attached hydrogens (tertiary/aromatic N) is 3. The highest BCUT2D eigenvalue weighted by Gasteiger charge is 2.07. The molecule has 0 saturated carbocycles. The lowest BCUT2D eigenvalue weighted by Crippen LogP contribution is -2.26. The van der Waals surface area contributed by atoms with Crippen LogP contribution in [-0.4, -0.2) is 32.6 Å². The molecular weight excluding hydrogens is 306 g/mol. The van der Waals surface area contributed by atoms with E-state index < -0.39 is 0 Å². The van der Waals surface area contributed by atoms with Crippen molar-refractivity contribution in [3.63, 3.8) is 0 Å². The van der Waals surface area contributed by atoms with Gasteiger partial charge in [0.15, 0.2) is 5.82 Å². The Morgan fingerprint density at radius 2 is 2.21 bits per heavy atom. The van der Waals surface area contributed by atoms with Gasteiger partial charge in [-0.25, -0.2) is 4.98 Å². The number of H-pyrrole nitrogens is 1. The predicted octanol–water partition coefficient (Wildman–Crippen LogP) is 2.06. The Bertz CT molecular complexity index is 794. The summed E-state index contributed by atoms with van der Waals surface area (Å²) >= 11 is 0. The van der Waals surface area contributed by atoms with Crippen molar-refractivity contribution >= 4 is 5.91 Å². The van der Waals surface area contributed by atoms with E-state index in [-0.39, 0.29) is 5.91 Å². The van der Waals surface area contributed by atoms with Gasteiger partial charge in [0, 0.05) is 43.8 Å². The van der Waals surface area contributed by atoms with Gasteiger partial charge < -0.3 is 9.73 Å². The minimum absolute atomic E-state index is 0.00366. The molecule has 0 bridgehead atoms. The minimum atomic E-state index is -0.00366. The lowest BCUT2D eigenvalue weighted by molar-refractivity contribution is -0.121. The van der Waals surface area contributed by atoms with Crippen LogP contribution in [0.4, 0.5) is 0 Å². The first-order valence-corrected chi connectivity index (χ1v) is 7.84. The quantitative estimate of drug-likeness (QED) is 0.693. The zero-order valence-corrected chi connectivity index (χ0v) is 13.5. The molecule has 0 fully saturated rings. The molecule has 0 aliphatic heterocycles. The van der Waals surface area contributed by atoms with Crippen LogP contribution in [0.25, 0.3) is 11.4 Å². The van der Waals surface area contributed by atoms with E-state index in [1.807, 2.05) is 31.2 Å². The Morgan fingerprint density at radius 3 is 2.96 bits per heavy atom. The molecule has 24 heavy (non-hydrogen) atoms. The molecule has 124 valence electrons. The van der Waals surface area contributed by atoms with Crippen LogP contribution in [0.15, 0.2) is 41.1 Å². The van der Waals surface area contributed by atoms with Crippen molar-refractivity contribution in [2.75, 3.05) is 6.54 Å². The molecule has 3 aromatic rings. The van der Waals surface area contributed by atoms with Crippen LogP contribution in [0.2, 0.25) is 0 Å². The molecule has 0 spiro atoms. The number of amides is 1. The molecule has 0 aliphatic carbocycles. The molecule has 0 saturated heterocycles. The van der Waals surface area contributed by atoms with Crippen molar-refractivity contribution < 1.29 is 9.21 Å². The van der Waals surface area contributed by atoms with Crippen LogP contribution in [0.1, 0.15) is 23.8 Å². The highest BCUT2D eigenvalue weighted by molar-refractivity contribution is 5.76. The second-order valence-electron chi connectivity index (χ2n) is 5.46. The molecule has 0 radical (unpaired) electrons. The average Bonchev–Trinajstić information content (AvgIpc) is 3.23. The number of carbonyl (C=O) groups excluding carboxylic acids is 1. The monoisotopic (exact) mass is 325 g/mol. The van der Waals surface area contributed by atoms with Crippen LogP contribution in [0, 0.1) is 6.92 Å². The van der Waals surface area contributed by atoms with Crippen LogP contribution >= 0.6 is 0 Å². The van der Waals surface area contributed by atoms with E-state index in [1.54, 1.807) is 12.4 Å². The smallest absolute Gasteiger partial charge is 0.220 e. The molecule has 0 unspecified atom stereocenters. The summed E-state index contributed by atoms with van der Waals surface area (Å²) in [6, 6.07) is 7.54. The fourth-order valence-electron chi connectivity index (χ4n) is 2.30. The molecule has 7 heteroatoms. The number of carbonyl (C=O) groups is 1. The van der Waals surface area contributed by atoms with Crippen LogP contribution in [0.3, 0.4) is 0 Å². The number of nitrogens with one attached hydrogen (secondary N) is 2. The van der Waals surface area contributed by atoms with E-state index in [0.29, 0.717) is 31.6 Å². The van der Waals surface area contributed by atoms with Crippen LogP contribution in [-0.2, 0) is 17.6 Å². The third kappa shape index (κ3) is 4.28. The van der Waals surface area contributed by atoms with Gasteiger partial charge in [-0.15, -0.1) is 0 Å². The second-order valence-corrected chi connectivity index (χ2v) is 5.46. The number of aryl methyl sites for hydroxylation is 2. The van der Waals surface area contributed by atoms with Gasteiger partial charge in [0.25, 0.3) is 0 Å². The predicted molar refractivity (Wildman–Crippen MR) is 88.1 cm³/mol. The molecule has 0 aliphatic rings. The summed E-state index contributed by atoms with van der Waals surface area (Å²) in [5.74, 6) is 3.03. The molecule has 3 heterocycles. The number of furan rings is 1. The van der Waals surface area contributed by atoms with Crippen molar-refractivity contribution in [3.05, 3.63) is 54.0 Å². The standard InChI is InChI=1S/C17H19N5O2/c1-12-4-5-14(24-12)6-7-16(23)19-10-8-15-20-17(22-21-15)13-3-2-9-18-11-13/h2-5,9,11H,6-8,10H2,1H3,(H,19,23)(H,20,21,22). The van der Waals surface area contributed by atoms with Crippen molar-refractivity contribution in [2.45, 2.75) is 26.2 Å². The van der Waals surface area contributed by atoms with Gasteiger partial charge in [0.1, 0.15) is 17.3 Å². The fourth-order valence-corrected chi connectivity index (χ4v) is 2.30. The summed E-state index contributed by atoms with van der Waals surface area (Å²) < 4.78 is 5.44. The molecule has 3 rings (SSSR count). The van der Waals surface area contributed by atoms with Crippen molar-refractivity contribution in [3.8, 4) is 11.4 Å². The van der Waals surface area contributed by atoms with Crippen LogP contribution in [0.5, 0.6) is 0 Å². The third-order valence-corrected chi connectivity index (χ3v) is 3.53. The number of hydrogen-bond acceptors (Lipinski definition) is 5. The summed E-state index contributed by atoms with van der Waals surface area (Å²) in [7, 11) is 0. The van der Waals surface area contributed by atoms with Gasteiger partial charge >= 0.3 is 0 Å². The summed E-state index contributed by atoms with van der Waals surface area (Å²) in [4.78, 5) is 20.3. The Kier molecular flexibility index (Phi) is 5.00. The molecule has 2 N–H and O–H groups in total. The van der Waals surface area contributed by atoms with E-state index in [9.17, 15) is 4.79 Å². The zero-order chi connectivity index (χ0) is 16.8. The maximum atomic E-state index is 11.8. The summed E-state index contributed by atoms with van der Waals surface area (Å²) in [5.41, 5.74) is 0.859. The fraction of sp³-hybridized carbons (Fsp3) is 0.294. The lowest BCUT2D eigenvalue weighted by Gasteiger charge is -2.02. The van der Waals surface area contributed by atoms with E-state index in [1.165, 1.54) is 0 Å². The van der Waals surface area contributed by atoms with E-state index in [0.717, 1.165) is 22.9 Å². The second kappa shape index (κ2) is 7.54. The van der Waals surface area contributed by atoms with Crippen LogP contribution < -0.4 is 5.32 Å². The van der Waals surface area contributed by atoms with Gasteiger partial charge in [-0.3, -0.25) is 14.9 Å². The molecule has 1 amide bonds. The van der Waals surface area contributed by atoms with E-state index in [2.05, 4.69) is 25.5 Å². The Labute approximate surface area is 139 Å². The largest absolute Gasteiger partial charge is 0.466 e. The Hall–Kier alpha value is -2.96. The van der Waals surface area contributed by atoms with Gasteiger partial charge in [-0.05, 0) is 31.2 Å². The van der Waals surface area contributed by atoms with Crippen molar-refractivity contribution in [1.29, 1.82) is 0 Å². The maximum absolute atomic E-state index is 11.8. The van der Waals surface area contributed by atoms with Gasteiger partial charge in [0.05, 0.1) is 0 Å². The molecule has 0 atom stereocenters. The molecular formula is C17H19N5O2. The first-order valence-electron chi connectivity index (χ1n) is 7.84. The normalized spacial score (nSPS) is 10.7. The van der Waals surface area contributed by atoms with Gasteiger partial charge in [-0.1, -0.05) is 0 Å². The first kappa shape index (κ1) is 15.9. The lowest BCUT2D eigenvalue weighted by atomic mass is 10.2. The van der Waals surface area contributed by atoms with Crippen molar-refractivity contribution in [1.82, 2.24) is 25.5 Å². The number of hydrogen-bond donors (Lipinski definition) is 2. The molecule has 3 aromatic heterocycles.